The molecule has 0 saturated heterocycles. The first-order valence-electron chi connectivity index (χ1n) is 5.09. The number of nitrogens with zero attached hydrogens (tertiary/aromatic N) is 1. The highest BCUT2D eigenvalue weighted by Gasteiger charge is 2.12. The predicted molar refractivity (Wildman–Crippen MR) is 72.0 cm³/mol. The van der Waals surface area contributed by atoms with Crippen molar-refractivity contribution < 1.29 is 0 Å². The van der Waals surface area contributed by atoms with E-state index in [4.69, 9.17) is 0 Å². The van der Waals surface area contributed by atoms with Crippen molar-refractivity contribution in [1.82, 2.24) is 4.57 Å². The lowest BCUT2D eigenvalue weighted by atomic mass is 10.2. The minimum absolute atomic E-state index is 1.32. The number of rotatable bonds is 2. The summed E-state index contributed by atoms with van der Waals surface area (Å²) < 4.78 is 2.20. The Labute approximate surface area is 103 Å². The average Bonchev–Trinajstić information content (AvgIpc) is 2.96. The molecule has 0 amide bonds. The molecular weight excluding hydrogens is 234 g/mol. The molecule has 0 aliphatic rings. The molecule has 0 unspecified atom stereocenters. The fourth-order valence-electron chi connectivity index (χ4n) is 1.88. The summed E-state index contributed by atoms with van der Waals surface area (Å²) in [4.78, 5) is 2.67. The molecule has 3 aromatic heterocycles. The van der Waals surface area contributed by atoms with E-state index in [1.807, 2.05) is 0 Å². The fourth-order valence-corrected chi connectivity index (χ4v) is 3.46. The van der Waals surface area contributed by atoms with Gasteiger partial charge in [0.25, 0.3) is 0 Å². The third kappa shape index (κ3) is 1.52. The quantitative estimate of drug-likeness (QED) is 0.627. The lowest BCUT2D eigenvalue weighted by Gasteiger charge is -2.03. The highest BCUT2D eigenvalue weighted by molar-refractivity contribution is 7.14. The van der Waals surface area contributed by atoms with Crippen molar-refractivity contribution in [3.8, 4) is 21.0 Å². The van der Waals surface area contributed by atoms with Crippen LogP contribution in [0.15, 0.2) is 47.3 Å². The van der Waals surface area contributed by atoms with Gasteiger partial charge in [0.05, 0.1) is 10.6 Å². The Hall–Kier alpha value is -1.32. The van der Waals surface area contributed by atoms with Crippen molar-refractivity contribution >= 4 is 22.7 Å². The van der Waals surface area contributed by atoms with Crippen LogP contribution in [0, 0.1) is 0 Å². The van der Waals surface area contributed by atoms with Crippen molar-refractivity contribution in [2.45, 2.75) is 0 Å². The van der Waals surface area contributed by atoms with Crippen molar-refractivity contribution in [3.63, 3.8) is 0 Å². The summed E-state index contributed by atoms with van der Waals surface area (Å²) in [5.74, 6) is 0. The van der Waals surface area contributed by atoms with Gasteiger partial charge in [-0.1, -0.05) is 12.1 Å². The Morgan fingerprint density at radius 2 is 1.62 bits per heavy atom. The molecule has 0 N–H and O–H groups in total. The van der Waals surface area contributed by atoms with Crippen LogP contribution < -0.4 is 0 Å². The molecule has 3 aromatic rings. The molecule has 3 heterocycles. The summed E-state index contributed by atoms with van der Waals surface area (Å²) in [6.07, 6.45) is 2.13. The van der Waals surface area contributed by atoms with Gasteiger partial charge in [0.2, 0.25) is 0 Å². The number of aryl methyl sites for hydroxylation is 1. The van der Waals surface area contributed by atoms with E-state index in [-0.39, 0.29) is 0 Å². The summed E-state index contributed by atoms with van der Waals surface area (Å²) in [7, 11) is 2.10. The van der Waals surface area contributed by atoms with E-state index in [9.17, 15) is 0 Å². The van der Waals surface area contributed by atoms with Gasteiger partial charge < -0.3 is 4.57 Å². The SMILES string of the molecule is Cn1ccc(-c2cccs2)c1-c1cccs1. The zero-order valence-corrected chi connectivity index (χ0v) is 10.5. The molecule has 0 aliphatic carbocycles. The van der Waals surface area contributed by atoms with Gasteiger partial charge in [-0.05, 0) is 29.0 Å². The lowest BCUT2D eigenvalue weighted by Crippen LogP contribution is -1.88. The van der Waals surface area contributed by atoms with Crippen molar-refractivity contribution in [3.05, 3.63) is 47.3 Å². The van der Waals surface area contributed by atoms with Gasteiger partial charge in [0.1, 0.15) is 0 Å². The van der Waals surface area contributed by atoms with Crippen LogP contribution in [0.2, 0.25) is 0 Å². The van der Waals surface area contributed by atoms with Gasteiger partial charge in [-0.3, -0.25) is 0 Å². The molecule has 0 aliphatic heterocycles. The van der Waals surface area contributed by atoms with Crippen LogP contribution in [0.25, 0.3) is 21.0 Å². The number of aromatic nitrogens is 1. The molecule has 0 radical (unpaired) electrons. The largest absolute Gasteiger partial charge is 0.349 e. The average molecular weight is 245 g/mol. The predicted octanol–water partition coefficient (Wildman–Crippen LogP) is 4.48. The van der Waals surface area contributed by atoms with Crippen LogP contribution in [-0.2, 0) is 7.05 Å². The smallest absolute Gasteiger partial charge is 0.0666 e. The minimum atomic E-state index is 1.32. The molecule has 80 valence electrons. The summed E-state index contributed by atoms with van der Waals surface area (Å²) in [6.45, 7) is 0. The summed E-state index contributed by atoms with van der Waals surface area (Å²) >= 11 is 3.58. The molecule has 16 heavy (non-hydrogen) atoms. The Bertz CT molecular complexity index is 574. The third-order valence-corrected chi connectivity index (χ3v) is 4.39. The second-order valence-corrected chi connectivity index (χ2v) is 5.54. The van der Waals surface area contributed by atoms with Crippen LogP contribution in [0.3, 0.4) is 0 Å². The van der Waals surface area contributed by atoms with E-state index >= 15 is 0 Å². The van der Waals surface area contributed by atoms with E-state index in [1.165, 1.54) is 21.0 Å². The van der Waals surface area contributed by atoms with E-state index in [1.54, 1.807) is 22.7 Å². The van der Waals surface area contributed by atoms with Crippen LogP contribution in [0.1, 0.15) is 0 Å². The highest BCUT2D eigenvalue weighted by Crippen LogP contribution is 2.36. The minimum Gasteiger partial charge on any atom is -0.349 e. The Balaban J connectivity index is 2.21. The maximum absolute atomic E-state index is 2.20. The van der Waals surface area contributed by atoms with E-state index in [0.717, 1.165) is 0 Å². The first kappa shape index (κ1) is 9.87. The number of hydrogen-bond donors (Lipinski definition) is 0. The summed E-state index contributed by atoms with van der Waals surface area (Å²) in [5, 5.41) is 4.25. The number of thiophene rings is 2. The second-order valence-electron chi connectivity index (χ2n) is 3.64. The second kappa shape index (κ2) is 3.92. The van der Waals surface area contributed by atoms with Crippen molar-refractivity contribution in [2.75, 3.05) is 0 Å². The molecule has 0 aromatic carbocycles. The van der Waals surface area contributed by atoms with E-state index in [2.05, 4.69) is 58.9 Å². The van der Waals surface area contributed by atoms with E-state index < -0.39 is 0 Å². The Kier molecular flexibility index (Phi) is 2.42. The fraction of sp³-hybridized carbons (Fsp3) is 0.0769. The topological polar surface area (TPSA) is 4.93 Å². The van der Waals surface area contributed by atoms with Gasteiger partial charge in [0, 0.05) is 23.7 Å². The molecule has 3 heteroatoms. The summed E-state index contributed by atoms with van der Waals surface area (Å²) in [5.41, 5.74) is 2.65. The zero-order chi connectivity index (χ0) is 11.0. The molecule has 0 fully saturated rings. The number of hydrogen-bond acceptors (Lipinski definition) is 2. The van der Waals surface area contributed by atoms with Crippen LogP contribution >= 0.6 is 22.7 Å². The van der Waals surface area contributed by atoms with Gasteiger partial charge in [0.15, 0.2) is 0 Å². The van der Waals surface area contributed by atoms with Crippen LogP contribution in [0.4, 0.5) is 0 Å². The molecule has 3 rings (SSSR count). The standard InChI is InChI=1S/C13H11NS2/c1-14-7-6-10(11-4-2-8-15-11)13(14)12-5-3-9-16-12/h2-9H,1H3. The molecule has 0 bridgehead atoms. The first-order chi connectivity index (χ1) is 7.86. The molecule has 0 spiro atoms. The van der Waals surface area contributed by atoms with Crippen molar-refractivity contribution in [1.29, 1.82) is 0 Å². The maximum Gasteiger partial charge on any atom is 0.0666 e. The lowest BCUT2D eigenvalue weighted by molar-refractivity contribution is 0.940. The van der Waals surface area contributed by atoms with Crippen LogP contribution in [0.5, 0.6) is 0 Å². The molecule has 0 atom stereocenters. The highest BCUT2D eigenvalue weighted by atomic mass is 32.1. The van der Waals surface area contributed by atoms with Gasteiger partial charge in [-0.2, -0.15) is 0 Å². The van der Waals surface area contributed by atoms with E-state index in [0.29, 0.717) is 0 Å². The monoisotopic (exact) mass is 245 g/mol. The zero-order valence-electron chi connectivity index (χ0n) is 8.88. The maximum atomic E-state index is 2.20. The van der Waals surface area contributed by atoms with Crippen molar-refractivity contribution in [2.24, 2.45) is 7.05 Å². The molecule has 0 saturated carbocycles. The normalized spacial score (nSPS) is 10.8. The first-order valence-corrected chi connectivity index (χ1v) is 6.85. The van der Waals surface area contributed by atoms with Crippen LogP contribution in [-0.4, -0.2) is 4.57 Å². The molecular formula is C13H11NS2. The Morgan fingerprint density at radius 1 is 0.938 bits per heavy atom. The molecule has 1 nitrogen and oxygen atoms in total. The van der Waals surface area contributed by atoms with Gasteiger partial charge >= 0.3 is 0 Å². The van der Waals surface area contributed by atoms with Gasteiger partial charge in [-0.15, -0.1) is 22.7 Å². The van der Waals surface area contributed by atoms with Gasteiger partial charge in [-0.25, -0.2) is 0 Å². The third-order valence-electron chi connectivity index (χ3n) is 2.61. The Morgan fingerprint density at radius 3 is 2.25 bits per heavy atom. The summed E-state index contributed by atoms with van der Waals surface area (Å²) in [6, 6.07) is 10.8.